The number of hydroxylamine groups is 1. The molecule has 2 N–H and O–H groups in total. The summed E-state index contributed by atoms with van der Waals surface area (Å²) >= 11 is 0. The Kier molecular flexibility index (Phi) is 5.63. The van der Waals surface area contributed by atoms with Gasteiger partial charge in [0.1, 0.15) is 11.6 Å². The second-order valence-electron chi connectivity index (χ2n) is 5.97. The van der Waals surface area contributed by atoms with E-state index in [0.717, 1.165) is 11.1 Å². The van der Waals surface area contributed by atoms with E-state index in [4.69, 9.17) is 5.21 Å². The summed E-state index contributed by atoms with van der Waals surface area (Å²) < 4.78 is 26.0. The molecule has 0 radical (unpaired) electrons. The molecule has 2 aromatic carbocycles. The number of nitrogens with zero attached hydrogens (tertiary/aromatic N) is 3. The molecular weight excluding hydrogens is 368 g/mol. The molecule has 140 valence electrons. The Morgan fingerprint density at radius 3 is 2.44 bits per heavy atom. The van der Waals surface area contributed by atoms with Crippen LogP contribution in [-0.2, 0) is 22.1 Å². The Bertz CT molecular complexity index is 1020. The third kappa shape index (κ3) is 4.99. The number of carbonyl (C=O) groups is 1. The smallest absolute Gasteiger partial charge is 0.274 e. The number of hydrogen-bond acceptors (Lipinski definition) is 6. The van der Waals surface area contributed by atoms with Gasteiger partial charge in [-0.25, -0.2) is 18.6 Å². The van der Waals surface area contributed by atoms with Gasteiger partial charge in [-0.1, -0.05) is 47.7 Å². The SMILES string of the molecule is O=C(NO)c1ccc(CCS(=O)(=O)Cn2cc(-c3ccccc3)nn2)cc1. The van der Waals surface area contributed by atoms with Gasteiger partial charge >= 0.3 is 0 Å². The first kappa shape index (κ1) is 18.7. The van der Waals surface area contributed by atoms with Crippen LogP contribution in [0.5, 0.6) is 0 Å². The second kappa shape index (κ2) is 8.11. The molecule has 1 aromatic heterocycles. The summed E-state index contributed by atoms with van der Waals surface area (Å²) in [6.07, 6.45) is 1.92. The largest absolute Gasteiger partial charge is 0.288 e. The van der Waals surface area contributed by atoms with Crippen LogP contribution in [0.1, 0.15) is 15.9 Å². The lowest BCUT2D eigenvalue weighted by Crippen LogP contribution is -2.18. The van der Waals surface area contributed by atoms with Crippen LogP contribution < -0.4 is 5.48 Å². The van der Waals surface area contributed by atoms with Gasteiger partial charge in [-0.15, -0.1) is 5.10 Å². The van der Waals surface area contributed by atoms with Crippen LogP contribution in [0.25, 0.3) is 11.3 Å². The van der Waals surface area contributed by atoms with Crippen molar-refractivity contribution in [1.82, 2.24) is 20.5 Å². The highest BCUT2D eigenvalue weighted by Gasteiger charge is 2.14. The fourth-order valence-corrected chi connectivity index (χ4v) is 3.73. The average Bonchev–Trinajstić information content (AvgIpc) is 3.14. The minimum atomic E-state index is -3.39. The summed E-state index contributed by atoms with van der Waals surface area (Å²) in [5.74, 6) is -0.925. The zero-order valence-corrected chi connectivity index (χ0v) is 15.1. The van der Waals surface area contributed by atoms with Gasteiger partial charge in [0.2, 0.25) is 0 Å². The van der Waals surface area contributed by atoms with E-state index >= 15 is 0 Å². The lowest BCUT2D eigenvalue weighted by atomic mass is 10.1. The highest BCUT2D eigenvalue weighted by Crippen LogP contribution is 2.15. The van der Waals surface area contributed by atoms with Crippen molar-refractivity contribution in [2.24, 2.45) is 0 Å². The van der Waals surface area contributed by atoms with Crippen LogP contribution in [0.2, 0.25) is 0 Å². The van der Waals surface area contributed by atoms with Gasteiger partial charge in [0.15, 0.2) is 9.84 Å². The molecule has 0 spiro atoms. The first-order valence-corrected chi connectivity index (χ1v) is 9.98. The van der Waals surface area contributed by atoms with Crippen molar-refractivity contribution in [2.45, 2.75) is 12.3 Å². The van der Waals surface area contributed by atoms with Gasteiger partial charge in [0.25, 0.3) is 5.91 Å². The minimum absolute atomic E-state index is 0.0565. The summed E-state index contributed by atoms with van der Waals surface area (Å²) in [5.41, 5.74) is 4.10. The number of aromatic nitrogens is 3. The Hall–Kier alpha value is -3.04. The highest BCUT2D eigenvalue weighted by atomic mass is 32.2. The quantitative estimate of drug-likeness (QED) is 0.472. The number of hydrogen-bond donors (Lipinski definition) is 2. The molecule has 3 aromatic rings. The number of aryl methyl sites for hydroxylation is 1. The van der Waals surface area contributed by atoms with E-state index in [-0.39, 0.29) is 11.6 Å². The van der Waals surface area contributed by atoms with E-state index in [0.29, 0.717) is 17.7 Å². The maximum atomic E-state index is 12.4. The zero-order valence-electron chi connectivity index (χ0n) is 14.3. The Morgan fingerprint density at radius 1 is 1.07 bits per heavy atom. The van der Waals surface area contributed by atoms with Gasteiger partial charge in [0, 0.05) is 11.1 Å². The molecule has 0 saturated carbocycles. The topological polar surface area (TPSA) is 114 Å². The minimum Gasteiger partial charge on any atom is -0.288 e. The van der Waals surface area contributed by atoms with E-state index in [9.17, 15) is 13.2 Å². The molecule has 27 heavy (non-hydrogen) atoms. The maximum Gasteiger partial charge on any atom is 0.274 e. The summed E-state index contributed by atoms with van der Waals surface area (Å²) in [5, 5.41) is 16.5. The first-order valence-electron chi connectivity index (χ1n) is 8.16. The summed E-state index contributed by atoms with van der Waals surface area (Å²) in [6, 6.07) is 15.8. The molecule has 3 rings (SSSR count). The predicted octanol–water partition coefficient (Wildman–Crippen LogP) is 1.68. The second-order valence-corrected chi connectivity index (χ2v) is 8.13. The number of benzene rings is 2. The third-order valence-corrected chi connectivity index (χ3v) is 5.44. The zero-order chi connectivity index (χ0) is 19.3. The molecule has 0 fully saturated rings. The molecule has 8 nitrogen and oxygen atoms in total. The molecule has 0 aliphatic rings. The Balaban J connectivity index is 1.61. The summed E-state index contributed by atoms with van der Waals surface area (Å²) in [7, 11) is -3.39. The van der Waals surface area contributed by atoms with Crippen molar-refractivity contribution >= 4 is 15.7 Å². The van der Waals surface area contributed by atoms with Gasteiger partial charge in [-0.2, -0.15) is 0 Å². The number of amides is 1. The molecule has 0 atom stereocenters. The van der Waals surface area contributed by atoms with Crippen LogP contribution in [0, 0.1) is 0 Å². The average molecular weight is 386 g/mol. The molecule has 0 aliphatic heterocycles. The fraction of sp³-hybridized carbons (Fsp3) is 0.167. The normalized spacial score (nSPS) is 11.3. The van der Waals surface area contributed by atoms with Crippen molar-refractivity contribution < 1.29 is 18.4 Å². The monoisotopic (exact) mass is 386 g/mol. The van der Waals surface area contributed by atoms with Crippen LogP contribution in [0.15, 0.2) is 60.8 Å². The van der Waals surface area contributed by atoms with Crippen LogP contribution in [0.4, 0.5) is 0 Å². The van der Waals surface area contributed by atoms with Crippen LogP contribution >= 0.6 is 0 Å². The molecule has 0 saturated heterocycles. The molecule has 0 aliphatic carbocycles. The van der Waals surface area contributed by atoms with Crippen molar-refractivity contribution in [3.8, 4) is 11.3 Å². The summed E-state index contributed by atoms with van der Waals surface area (Å²) in [4.78, 5) is 11.3. The van der Waals surface area contributed by atoms with E-state index in [1.54, 1.807) is 23.8 Å². The fourth-order valence-electron chi connectivity index (χ4n) is 2.53. The van der Waals surface area contributed by atoms with Crippen molar-refractivity contribution in [3.05, 3.63) is 71.9 Å². The van der Waals surface area contributed by atoms with E-state index in [1.807, 2.05) is 30.3 Å². The lowest BCUT2D eigenvalue weighted by molar-refractivity contribution is 0.0706. The van der Waals surface area contributed by atoms with Gasteiger partial charge < -0.3 is 0 Å². The third-order valence-electron chi connectivity index (χ3n) is 3.96. The number of nitrogens with one attached hydrogen (secondary N) is 1. The van der Waals surface area contributed by atoms with Gasteiger partial charge in [0.05, 0.1) is 11.9 Å². The van der Waals surface area contributed by atoms with Crippen LogP contribution in [0.3, 0.4) is 0 Å². The van der Waals surface area contributed by atoms with E-state index < -0.39 is 15.7 Å². The molecule has 9 heteroatoms. The molecule has 1 heterocycles. The van der Waals surface area contributed by atoms with Gasteiger partial charge in [-0.05, 0) is 24.1 Å². The van der Waals surface area contributed by atoms with Crippen molar-refractivity contribution in [2.75, 3.05) is 5.75 Å². The number of carbonyl (C=O) groups excluding carboxylic acids is 1. The molecular formula is C18H18N4O4S. The molecule has 1 amide bonds. The number of sulfone groups is 1. The molecule has 0 unspecified atom stereocenters. The lowest BCUT2D eigenvalue weighted by Gasteiger charge is -2.05. The van der Waals surface area contributed by atoms with E-state index in [2.05, 4.69) is 10.3 Å². The van der Waals surface area contributed by atoms with Crippen LogP contribution in [-0.4, -0.2) is 40.3 Å². The Morgan fingerprint density at radius 2 is 1.78 bits per heavy atom. The first-order chi connectivity index (χ1) is 13.0. The predicted molar refractivity (Wildman–Crippen MR) is 98.6 cm³/mol. The molecule has 0 bridgehead atoms. The highest BCUT2D eigenvalue weighted by molar-refractivity contribution is 7.90. The van der Waals surface area contributed by atoms with Gasteiger partial charge in [-0.3, -0.25) is 10.0 Å². The van der Waals surface area contributed by atoms with Crippen molar-refractivity contribution in [3.63, 3.8) is 0 Å². The van der Waals surface area contributed by atoms with Crippen molar-refractivity contribution in [1.29, 1.82) is 0 Å². The maximum absolute atomic E-state index is 12.4. The van der Waals surface area contributed by atoms with E-state index in [1.165, 1.54) is 16.8 Å². The summed E-state index contributed by atoms with van der Waals surface area (Å²) in [6.45, 7) is 0. The number of rotatable bonds is 7. The standard InChI is InChI=1S/C18H18N4O4S/c23-18(20-24)16-8-6-14(7-9-16)10-11-27(25,26)13-22-12-17(19-21-22)15-4-2-1-3-5-15/h1-9,12,24H,10-11,13H2,(H,20,23). The Labute approximate surface area is 156 Å².